The first kappa shape index (κ1) is 20.3. The Balaban J connectivity index is 1.51. The molecule has 4 saturated heterocycles. The zero-order valence-electron chi connectivity index (χ0n) is 16.5. The van der Waals surface area contributed by atoms with E-state index < -0.39 is 17.7 Å². The van der Waals surface area contributed by atoms with Crippen molar-refractivity contribution in [3.63, 3.8) is 0 Å². The van der Waals surface area contributed by atoms with Crippen molar-refractivity contribution in [1.29, 1.82) is 0 Å². The first-order valence-electron chi connectivity index (χ1n) is 9.92. The molecule has 0 radical (unpaired) electrons. The molecule has 2 bridgehead atoms. The van der Waals surface area contributed by atoms with Gasteiger partial charge in [-0.1, -0.05) is 13.8 Å². The summed E-state index contributed by atoms with van der Waals surface area (Å²) in [7, 11) is 0. The van der Waals surface area contributed by atoms with Crippen molar-refractivity contribution in [2.45, 2.75) is 69.6 Å². The summed E-state index contributed by atoms with van der Waals surface area (Å²) in [5, 5.41) is -0.237. The summed E-state index contributed by atoms with van der Waals surface area (Å²) in [6.45, 7) is 6.91. The van der Waals surface area contributed by atoms with Crippen LogP contribution in [0.4, 0.5) is 4.79 Å². The fourth-order valence-corrected chi connectivity index (χ4v) is 6.70. The number of carbonyl (C=O) groups is 1. The summed E-state index contributed by atoms with van der Waals surface area (Å²) in [6, 6.07) is 0. The van der Waals surface area contributed by atoms with Gasteiger partial charge in [0.2, 0.25) is 5.79 Å². The molecule has 1 aliphatic carbocycles. The van der Waals surface area contributed by atoms with Crippen LogP contribution in [0.25, 0.3) is 0 Å². The van der Waals surface area contributed by atoms with Gasteiger partial charge in [0.25, 0.3) is 0 Å². The fraction of sp³-hybridized carbons (Fsp3) is 0.947. The number of hydrogen-bond acceptors (Lipinski definition) is 8. The van der Waals surface area contributed by atoms with E-state index in [1.807, 2.05) is 6.92 Å². The largest absolute Gasteiger partial charge is 0.457 e. The highest BCUT2D eigenvalue weighted by molar-refractivity contribution is 8.12. The summed E-state index contributed by atoms with van der Waals surface area (Å²) in [5.74, 6) is 1.59. The zero-order chi connectivity index (χ0) is 19.2. The fourth-order valence-electron chi connectivity index (χ4n) is 5.41. The van der Waals surface area contributed by atoms with Crippen molar-refractivity contribution in [3.05, 3.63) is 0 Å². The maximum atomic E-state index is 11.3. The van der Waals surface area contributed by atoms with Gasteiger partial charge >= 0.3 is 5.30 Å². The predicted molar refractivity (Wildman–Crippen MR) is 104 cm³/mol. The van der Waals surface area contributed by atoms with Crippen molar-refractivity contribution in [3.8, 4) is 0 Å². The molecule has 4 aliphatic heterocycles. The van der Waals surface area contributed by atoms with Crippen LogP contribution in [-0.4, -0.2) is 47.0 Å². The predicted octanol–water partition coefficient (Wildman–Crippen LogP) is 4.43. The van der Waals surface area contributed by atoms with Crippen LogP contribution in [0.3, 0.4) is 0 Å². The van der Waals surface area contributed by atoms with Gasteiger partial charge in [0.05, 0.1) is 0 Å². The number of carbonyl (C=O) groups excluding carboxylic acids is 1. The van der Waals surface area contributed by atoms with Crippen LogP contribution >= 0.6 is 23.5 Å². The van der Waals surface area contributed by atoms with Gasteiger partial charge in [-0.15, -0.1) is 11.8 Å². The second kappa shape index (κ2) is 7.69. The van der Waals surface area contributed by atoms with Crippen LogP contribution in [0, 0.1) is 23.7 Å². The van der Waals surface area contributed by atoms with Crippen LogP contribution in [0.5, 0.6) is 0 Å². The van der Waals surface area contributed by atoms with E-state index in [2.05, 4.69) is 13.8 Å². The molecule has 6 nitrogen and oxygen atoms in total. The summed E-state index contributed by atoms with van der Waals surface area (Å²) < 4.78 is 18.0. The standard InChI is InChI=1S/C19H30O6S2/c1-11-5-6-14-12(2)15(27-10-9-21-17(20)26-4)22-16-19(14)13(11)7-8-18(3,23-16)24-25-19/h11-16H,5-10H2,1-4H3/t11-,12-,13+,14+,15+,16-,18+,19-/m1/s1. The maximum Gasteiger partial charge on any atom is 0.367 e. The molecule has 0 aromatic heterocycles. The molecule has 0 aromatic carbocycles. The van der Waals surface area contributed by atoms with Crippen LogP contribution in [0.1, 0.15) is 46.5 Å². The smallest absolute Gasteiger partial charge is 0.367 e. The van der Waals surface area contributed by atoms with Crippen LogP contribution < -0.4 is 0 Å². The van der Waals surface area contributed by atoms with E-state index in [0.29, 0.717) is 36.0 Å². The van der Waals surface area contributed by atoms with Crippen LogP contribution in [0.2, 0.25) is 0 Å². The van der Waals surface area contributed by atoms with E-state index in [1.165, 1.54) is 6.42 Å². The van der Waals surface area contributed by atoms with Crippen molar-refractivity contribution in [2.24, 2.45) is 23.7 Å². The average Bonchev–Trinajstić information content (AvgIpc) is 2.88. The molecule has 0 unspecified atom stereocenters. The quantitative estimate of drug-likeness (QED) is 0.377. The molecule has 8 atom stereocenters. The normalized spacial score (nSPS) is 48.6. The Hall–Kier alpha value is 0.01000. The molecule has 5 fully saturated rings. The minimum atomic E-state index is -0.735. The average molecular weight is 419 g/mol. The van der Waals surface area contributed by atoms with Gasteiger partial charge in [-0.25, -0.2) is 14.6 Å². The third-order valence-electron chi connectivity index (χ3n) is 6.85. The lowest BCUT2D eigenvalue weighted by Crippen LogP contribution is -2.70. The monoisotopic (exact) mass is 418 g/mol. The van der Waals surface area contributed by atoms with E-state index in [0.717, 1.165) is 31.0 Å². The third kappa shape index (κ3) is 3.44. The number of hydrogen-bond donors (Lipinski definition) is 0. The van der Waals surface area contributed by atoms with Crippen molar-refractivity contribution in [1.82, 2.24) is 0 Å². The topological polar surface area (TPSA) is 63.2 Å². The molecule has 1 saturated carbocycles. The number of rotatable bonds is 4. The molecule has 0 amide bonds. The zero-order valence-corrected chi connectivity index (χ0v) is 18.1. The third-order valence-corrected chi connectivity index (χ3v) is 8.57. The molecule has 5 aliphatic rings. The summed E-state index contributed by atoms with van der Waals surface area (Å²) in [4.78, 5) is 23.3. The lowest BCUT2D eigenvalue weighted by atomic mass is 9.58. The minimum Gasteiger partial charge on any atom is -0.457 e. The Bertz CT molecular complexity index is 576. The number of ether oxygens (including phenoxy) is 3. The summed E-state index contributed by atoms with van der Waals surface area (Å²) in [5.41, 5.74) is -0.505. The van der Waals surface area contributed by atoms with E-state index in [-0.39, 0.29) is 10.7 Å². The van der Waals surface area contributed by atoms with Crippen molar-refractivity contribution < 1.29 is 28.8 Å². The van der Waals surface area contributed by atoms with Gasteiger partial charge < -0.3 is 14.2 Å². The highest BCUT2D eigenvalue weighted by atomic mass is 32.2. The molecule has 0 aromatic rings. The Morgan fingerprint density at radius 3 is 2.78 bits per heavy atom. The van der Waals surface area contributed by atoms with Gasteiger partial charge in [-0.2, -0.15) is 0 Å². The van der Waals surface area contributed by atoms with Gasteiger partial charge in [-0.05, 0) is 62.0 Å². The summed E-state index contributed by atoms with van der Waals surface area (Å²) in [6.07, 6.45) is 5.50. The molecule has 27 heavy (non-hydrogen) atoms. The van der Waals surface area contributed by atoms with E-state index in [9.17, 15) is 4.79 Å². The number of thioether (sulfide) groups is 2. The molecule has 4 heterocycles. The van der Waals surface area contributed by atoms with Gasteiger partial charge in [0.15, 0.2) is 11.9 Å². The van der Waals surface area contributed by atoms with E-state index in [1.54, 1.807) is 18.0 Å². The SMILES string of the molecule is CSC(=O)OCCS[C@@H]1O[C@@H]2O[C@]3(C)CC[C@H]4[C@H](C)CC[C@@H]([C@H]1C)[C@@]24OO3. The lowest BCUT2D eigenvalue weighted by Gasteiger charge is -2.60. The van der Waals surface area contributed by atoms with Crippen molar-refractivity contribution >= 4 is 28.8 Å². The van der Waals surface area contributed by atoms with Crippen LogP contribution in [-0.2, 0) is 24.0 Å². The van der Waals surface area contributed by atoms with Gasteiger partial charge in [-0.3, -0.25) is 0 Å². The maximum absolute atomic E-state index is 11.3. The molecule has 8 heteroatoms. The van der Waals surface area contributed by atoms with E-state index >= 15 is 0 Å². The van der Waals surface area contributed by atoms with Gasteiger partial charge in [0.1, 0.15) is 12.0 Å². The van der Waals surface area contributed by atoms with Crippen molar-refractivity contribution in [2.75, 3.05) is 18.6 Å². The Labute approximate surface area is 169 Å². The first-order valence-corrected chi connectivity index (χ1v) is 12.2. The van der Waals surface area contributed by atoms with E-state index in [4.69, 9.17) is 24.0 Å². The first-order chi connectivity index (χ1) is 12.9. The Morgan fingerprint density at radius 2 is 2.00 bits per heavy atom. The lowest BCUT2D eigenvalue weighted by molar-refractivity contribution is -0.568. The molecular weight excluding hydrogens is 388 g/mol. The van der Waals surface area contributed by atoms with Gasteiger partial charge in [0, 0.05) is 18.1 Å². The highest BCUT2D eigenvalue weighted by Crippen LogP contribution is 2.61. The Kier molecular flexibility index (Phi) is 5.78. The van der Waals surface area contributed by atoms with Crippen LogP contribution in [0.15, 0.2) is 0 Å². The molecule has 0 N–H and O–H groups in total. The second-order valence-corrected chi connectivity index (χ2v) is 10.4. The Morgan fingerprint density at radius 1 is 1.19 bits per heavy atom. The minimum absolute atomic E-state index is 0.000729. The molecular formula is C19H30O6S2. The second-order valence-electron chi connectivity index (χ2n) is 8.45. The molecule has 5 rings (SSSR count). The highest BCUT2D eigenvalue weighted by Gasteiger charge is 2.69. The molecule has 1 spiro atoms. The number of fused-ring (bicyclic) bond motifs is 2. The molecule has 154 valence electrons. The summed E-state index contributed by atoms with van der Waals surface area (Å²) >= 11 is 2.80.